The zero-order chi connectivity index (χ0) is 59.0. The first kappa shape index (κ1) is 66.2. The molecule has 440 valence electrons. The number of ether oxygens (including phenoxy) is 4. The largest absolute Gasteiger partial charge is 0.481 e. The quantitative estimate of drug-likeness (QED) is 0.0435. The molecule has 0 saturated carbocycles. The van der Waals surface area contributed by atoms with E-state index < -0.39 is 0 Å². The van der Waals surface area contributed by atoms with Gasteiger partial charge in [0.05, 0.1) is 39.2 Å². The number of fused-ring (bicyclic) bond motifs is 8. The van der Waals surface area contributed by atoms with Crippen molar-refractivity contribution in [2.24, 2.45) is 0 Å². The van der Waals surface area contributed by atoms with E-state index in [0.717, 1.165) is 113 Å². The van der Waals surface area contributed by atoms with E-state index in [9.17, 15) is 19.2 Å². The number of carbonyl (C=O) groups excluding carboxylic acids is 4. The topological polar surface area (TPSA) is 153 Å². The van der Waals surface area contributed by atoms with Gasteiger partial charge in [0.15, 0.2) is 26.4 Å². The van der Waals surface area contributed by atoms with E-state index >= 15 is 0 Å². The number of nitrogens with one attached hydrogen (secondary N) is 4. The van der Waals surface area contributed by atoms with Crippen LogP contribution in [0.15, 0.2) is 87.7 Å². The lowest BCUT2D eigenvalue weighted by Crippen LogP contribution is -2.30. The van der Waals surface area contributed by atoms with Crippen molar-refractivity contribution >= 4 is 70.7 Å². The lowest BCUT2D eigenvalue weighted by Gasteiger charge is -2.28. The van der Waals surface area contributed by atoms with Crippen LogP contribution >= 0.6 is 47.0 Å². The van der Waals surface area contributed by atoms with Gasteiger partial charge in [-0.25, -0.2) is 0 Å². The van der Waals surface area contributed by atoms with Crippen LogP contribution in [-0.2, 0) is 40.8 Å². The zero-order valence-corrected chi connectivity index (χ0v) is 54.1. The van der Waals surface area contributed by atoms with Gasteiger partial charge in [-0.05, 0) is 118 Å². The van der Waals surface area contributed by atoms with Gasteiger partial charge in [-0.3, -0.25) is 19.2 Å². The highest BCUT2D eigenvalue weighted by atomic mass is 32.2. The van der Waals surface area contributed by atoms with Crippen LogP contribution in [0.1, 0.15) is 184 Å². The van der Waals surface area contributed by atoms with Crippen molar-refractivity contribution in [1.82, 2.24) is 21.3 Å². The molecule has 0 radical (unpaired) electrons. The van der Waals surface area contributed by atoms with Crippen LogP contribution < -0.4 is 40.2 Å². The summed E-state index contributed by atoms with van der Waals surface area (Å²) >= 11 is 5.88. The van der Waals surface area contributed by atoms with Crippen LogP contribution in [0.25, 0.3) is 0 Å². The van der Waals surface area contributed by atoms with Crippen LogP contribution in [0.5, 0.6) is 23.0 Å². The maximum atomic E-state index is 13.7. The first-order valence-electron chi connectivity index (χ1n) is 28.7. The highest BCUT2D eigenvalue weighted by molar-refractivity contribution is 8.01. The lowest BCUT2D eigenvalue weighted by atomic mass is 9.87. The molecule has 4 amide bonds. The second-order valence-corrected chi connectivity index (χ2v) is 28.9. The molecule has 1 aliphatic rings. The number of carbonyl (C=O) groups is 4. The van der Waals surface area contributed by atoms with Gasteiger partial charge in [-0.15, -0.1) is 0 Å². The van der Waals surface area contributed by atoms with E-state index in [2.05, 4.69) is 181 Å². The van der Waals surface area contributed by atoms with Crippen LogP contribution in [-0.4, -0.2) is 76.2 Å². The molecule has 4 aromatic rings. The van der Waals surface area contributed by atoms with Crippen molar-refractivity contribution in [2.75, 3.05) is 52.6 Å². The van der Waals surface area contributed by atoms with Gasteiger partial charge in [0.2, 0.25) is 0 Å². The second kappa shape index (κ2) is 30.1. The number of benzene rings is 4. The SMILES string of the molecule is CCCCNC(=O)COc1c2cc(C(C)(C)C)cc1Sc1cc(C(C)(C)C)cc(c1OCC(=O)NCCCC)Sc1cc(C(C)(C)C)cc(c1OCC(=O)NCCCC)Sc1cc(C(C)(C)C)cc(c1OCC(=O)NCCCC)S2. The highest BCUT2D eigenvalue weighted by Crippen LogP contribution is 2.56. The summed E-state index contributed by atoms with van der Waals surface area (Å²) in [5.41, 5.74) is 2.66. The summed E-state index contributed by atoms with van der Waals surface area (Å²) in [6.07, 6.45) is 7.08. The molecule has 0 saturated heterocycles. The Hall–Kier alpha value is -4.64. The Morgan fingerprint density at radius 3 is 0.625 bits per heavy atom. The van der Waals surface area contributed by atoms with Gasteiger partial charge in [0.1, 0.15) is 23.0 Å². The Kier molecular flexibility index (Phi) is 24.9. The molecular formula is C64H92N4O8S4. The second-order valence-electron chi connectivity index (χ2n) is 24.6. The van der Waals surface area contributed by atoms with Crippen LogP contribution in [0.2, 0.25) is 0 Å². The fourth-order valence-electron chi connectivity index (χ4n) is 8.06. The van der Waals surface area contributed by atoms with E-state index in [4.69, 9.17) is 18.9 Å². The Labute approximate surface area is 496 Å². The molecule has 4 N–H and O–H groups in total. The number of rotatable bonds is 24. The average molecular weight is 1170 g/mol. The molecule has 0 unspecified atom stereocenters. The first-order valence-corrected chi connectivity index (χ1v) is 32.0. The Morgan fingerprint density at radius 2 is 0.487 bits per heavy atom. The van der Waals surface area contributed by atoms with Gasteiger partial charge in [0, 0.05) is 26.2 Å². The Morgan fingerprint density at radius 1 is 0.325 bits per heavy atom. The Balaban J connectivity index is 1.99. The lowest BCUT2D eigenvalue weighted by molar-refractivity contribution is -0.123. The van der Waals surface area contributed by atoms with Crippen molar-refractivity contribution in [3.8, 4) is 23.0 Å². The number of unbranched alkanes of at least 4 members (excludes halogenated alkanes) is 4. The van der Waals surface area contributed by atoms with Crippen molar-refractivity contribution in [3.05, 3.63) is 70.8 Å². The third-order valence-electron chi connectivity index (χ3n) is 13.2. The average Bonchev–Trinajstić information content (AvgIpc) is 3.36. The minimum Gasteiger partial charge on any atom is -0.481 e. The molecule has 0 fully saturated rings. The first-order chi connectivity index (χ1) is 37.7. The summed E-state index contributed by atoms with van der Waals surface area (Å²) in [5.74, 6) is 1.03. The summed E-state index contributed by atoms with van der Waals surface area (Å²) in [4.78, 5) is 60.7. The fraction of sp³-hybridized carbons (Fsp3) is 0.562. The number of hydrogen-bond donors (Lipinski definition) is 4. The fourth-order valence-corrected chi connectivity index (χ4v) is 12.8. The molecule has 16 heteroatoms. The molecule has 0 aliphatic carbocycles. The van der Waals surface area contributed by atoms with Crippen LogP contribution in [0.4, 0.5) is 0 Å². The molecular weight excluding hydrogens is 1080 g/mol. The normalized spacial score (nSPS) is 12.8. The summed E-state index contributed by atoms with van der Waals surface area (Å²) in [6, 6.07) is 17.1. The number of hydrogen-bond acceptors (Lipinski definition) is 12. The monoisotopic (exact) mass is 1170 g/mol. The molecule has 0 aromatic heterocycles. The zero-order valence-electron chi connectivity index (χ0n) is 50.8. The summed E-state index contributed by atoms with van der Waals surface area (Å²) in [6.45, 7) is 35.6. The molecule has 0 atom stereocenters. The van der Waals surface area contributed by atoms with E-state index in [1.54, 1.807) is 0 Å². The maximum absolute atomic E-state index is 13.7. The van der Waals surface area contributed by atoms with Crippen LogP contribution in [0.3, 0.4) is 0 Å². The maximum Gasteiger partial charge on any atom is 0.257 e. The van der Waals surface area contributed by atoms with E-state index in [0.29, 0.717) is 49.2 Å². The van der Waals surface area contributed by atoms with Crippen molar-refractivity contribution in [3.63, 3.8) is 0 Å². The number of amides is 4. The summed E-state index contributed by atoms with van der Waals surface area (Å²) < 4.78 is 27.4. The predicted octanol–water partition coefficient (Wildman–Crippen LogP) is 15.0. The van der Waals surface area contributed by atoms with Gasteiger partial charge in [-0.2, -0.15) is 0 Å². The minimum absolute atomic E-state index is 0.237. The molecule has 8 bridgehead atoms. The third-order valence-corrected chi connectivity index (χ3v) is 17.4. The smallest absolute Gasteiger partial charge is 0.257 e. The summed E-state index contributed by atoms with van der Waals surface area (Å²) in [7, 11) is 0. The van der Waals surface area contributed by atoms with E-state index in [1.165, 1.54) is 47.0 Å². The molecule has 1 heterocycles. The van der Waals surface area contributed by atoms with Gasteiger partial charge in [0.25, 0.3) is 23.6 Å². The molecule has 80 heavy (non-hydrogen) atoms. The highest BCUT2D eigenvalue weighted by Gasteiger charge is 2.31. The molecule has 12 nitrogen and oxygen atoms in total. The van der Waals surface area contributed by atoms with Gasteiger partial charge >= 0.3 is 0 Å². The molecule has 5 rings (SSSR count). The summed E-state index contributed by atoms with van der Waals surface area (Å²) in [5, 5.41) is 12.2. The third kappa shape index (κ3) is 19.8. The Bertz CT molecular complexity index is 2300. The van der Waals surface area contributed by atoms with Crippen molar-refractivity contribution in [2.45, 2.75) is 223 Å². The molecule has 0 spiro atoms. The van der Waals surface area contributed by atoms with Crippen molar-refractivity contribution < 1.29 is 38.1 Å². The van der Waals surface area contributed by atoms with Gasteiger partial charge in [-0.1, -0.05) is 184 Å². The predicted molar refractivity (Wildman–Crippen MR) is 331 cm³/mol. The standard InChI is InChI=1S/C64H92N4O8S4/c1-17-21-25-65-53(69)37-73-57-45-29-41(61(5,6)7)30-46(57)78-48-32-43(63(11,12)13)34-50(59(48)75-39-55(71)67-27-23-19-3)80-52-36-44(64(14,15)16)35-51(60(52)76-40-56(72)68-28-24-20-4)79-49-33-42(62(8,9)10)31-47(77-45)58(49)74-38-54(70)66-26-22-18-2/h29-36H,17-28,37-40H2,1-16H3,(H,65,69)(H,66,70)(H,67,71)(H,68,72). The van der Waals surface area contributed by atoms with Gasteiger partial charge < -0.3 is 40.2 Å². The molecule has 4 aromatic carbocycles. The molecule has 1 aliphatic heterocycles. The minimum atomic E-state index is -0.355. The van der Waals surface area contributed by atoms with E-state index in [-0.39, 0.29) is 71.7 Å². The van der Waals surface area contributed by atoms with Crippen LogP contribution in [0, 0.1) is 0 Å². The van der Waals surface area contributed by atoms with E-state index in [1.807, 2.05) is 0 Å². The van der Waals surface area contributed by atoms with Crippen molar-refractivity contribution in [1.29, 1.82) is 0 Å².